The van der Waals surface area contributed by atoms with Crippen molar-refractivity contribution in [2.45, 2.75) is 6.61 Å². The monoisotopic (exact) mass is 323 g/mol. The molecular formula is C17H25NO5. The SMILES string of the molecule is C=CCOCCOCCOCCNC(=O)OCc1ccccc1. The van der Waals surface area contributed by atoms with Crippen molar-refractivity contribution in [2.24, 2.45) is 0 Å². The van der Waals surface area contributed by atoms with Gasteiger partial charge in [-0.2, -0.15) is 0 Å². The largest absolute Gasteiger partial charge is 0.445 e. The second kappa shape index (κ2) is 13.8. The smallest absolute Gasteiger partial charge is 0.407 e. The Balaban J connectivity index is 1.85. The second-order valence-corrected chi connectivity index (χ2v) is 4.58. The van der Waals surface area contributed by atoms with Crippen LogP contribution in [0.25, 0.3) is 0 Å². The van der Waals surface area contributed by atoms with E-state index in [-0.39, 0.29) is 6.61 Å². The first-order chi connectivity index (χ1) is 11.3. The molecule has 0 spiro atoms. The van der Waals surface area contributed by atoms with Gasteiger partial charge in [0.25, 0.3) is 0 Å². The summed E-state index contributed by atoms with van der Waals surface area (Å²) < 4.78 is 20.9. The molecule has 0 bridgehead atoms. The summed E-state index contributed by atoms with van der Waals surface area (Å²) in [5.41, 5.74) is 0.952. The van der Waals surface area contributed by atoms with Crippen molar-refractivity contribution >= 4 is 6.09 Å². The molecule has 0 heterocycles. The van der Waals surface area contributed by atoms with E-state index in [1.54, 1.807) is 6.08 Å². The Labute approximate surface area is 137 Å². The maximum Gasteiger partial charge on any atom is 0.407 e. The summed E-state index contributed by atoms with van der Waals surface area (Å²) in [7, 11) is 0. The van der Waals surface area contributed by atoms with E-state index in [1.165, 1.54) is 0 Å². The van der Waals surface area contributed by atoms with Gasteiger partial charge in [-0.3, -0.25) is 0 Å². The standard InChI is InChI=1S/C17H25NO5/c1-2-9-20-11-13-22-14-12-21-10-8-18-17(19)23-15-16-6-4-3-5-7-16/h2-7H,1,8-15H2,(H,18,19). The second-order valence-electron chi connectivity index (χ2n) is 4.58. The summed E-state index contributed by atoms with van der Waals surface area (Å²) in [5, 5.41) is 2.62. The fourth-order valence-corrected chi connectivity index (χ4v) is 1.61. The molecule has 6 nitrogen and oxygen atoms in total. The molecule has 0 radical (unpaired) electrons. The Morgan fingerprint density at radius 1 is 1.00 bits per heavy atom. The van der Waals surface area contributed by atoms with Gasteiger partial charge in [0.15, 0.2) is 0 Å². The van der Waals surface area contributed by atoms with Crippen molar-refractivity contribution in [3.05, 3.63) is 48.6 Å². The van der Waals surface area contributed by atoms with E-state index in [0.717, 1.165) is 5.56 Å². The summed E-state index contributed by atoms with van der Waals surface area (Å²) >= 11 is 0. The summed E-state index contributed by atoms with van der Waals surface area (Å²) in [4.78, 5) is 11.4. The minimum Gasteiger partial charge on any atom is -0.445 e. The normalized spacial score (nSPS) is 10.3. The average Bonchev–Trinajstić information content (AvgIpc) is 2.59. The van der Waals surface area contributed by atoms with E-state index in [2.05, 4.69) is 11.9 Å². The number of ether oxygens (including phenoxy) is 4. The van der Waals surface area contributed by atoms with Gasteiger partial charge < -0.3 is 24.3 Å². The van der Waals surface area contributed by atoms with Gasteiger partial charge >= 0.3 is 6.09 Å². The highest BCUT2D eigenvalue weighted by Gasteiger charge is 2.01. The van der Waals surface area contributed by atoms with Crippen LogP contribution in [-0.2, 0) is 25.6 Å². The van der Waals surface area contributed by atoms with Crippen LogP contribution in [-0.4, -0.2) is 52.3 Å². The molecule has 0 aliphatic heterocycles. The third kappa shape index (κ3) is 11.3. The van der Waals surface area contributed by atoms with Crippen molar-refractivity contribution in [1.82, 2.24) is 5.32 Å². The molecule has 0 saturated heterocycles. The van der Waals surface area contributed by atoms with E-state index in [9.17, 15) is 4.79 Å². The van der Waals surface area contributed by atoms with E-state index >= 15 is 0 Å². The fraction of sp³-hybridized carbons (Fsp3) is 0.471. The zero-order valence-electron chi connectivity index (χ0n) is 13.4. The molecule has 1 aromatic carbocycles. The topological polar surface area (TPSA) is 66.0 Å². The van der Waals surface area contributed by atoms with Crippen molar-refractivity contribution in [1.29, 1.82) is 0 Å². The Bertz CT molecular complexity index is 424. The molecule has 1 aromatic rings. The summed E-state index contributed by atoms with van der Waals surface area (Å²) in [6.07, 6.45) is 1.24. The van der Waals surface area contributed by atoms with Gasteiger partial charge in [-0.1, -0.05) is 36.4 Å². The molecule has 0 aromatic heterocycles. The Kier molecular flexibility index (Phi) is 11.5. The molecule has 1 rings (SSSR count). The van der Waals surface area contributed by atoms with Gasteiger partial charge in [0.05, 0.1) is 39.6 Å². The number of amides is 1. The minimum absolute atomic E-state index is 0.259. The zero-order valence-corrected chi connectivity index (χ0v) is 13.4. The summed E-state index contributed by atoms with van der Waals surface area (Å²) in [5.74, 6) is 0. The molecule has 1 amide bonds. The van der Waals surface area contributed by atoms with Crippen LogP contribution >= 0.6 is 0 Å². The number of carbonyl (C=O) groups is 1. The Morgan fingerprint density at radius 3 is 2.35 bits per heavy atom. The Hall–Kier alpha value is -1.89. The van der Waals surface area contributed by atoms with Crippen molar-refractivity contribution < 1.29 is 23.7 Å². The molecule has 0 atom stereocenters. The quantitative estimate of drug-likeness (QED) is 0.445. The van der Waals surface area contributed by atoms with Crippen LogP contribution in [0.15, 0.2) is 43.0 Å². The molecule has 6 heteroatoms. The molecule has 0 fully saturated rings. The molecule has 0 saturated carbocycles. The van der Waals surface area contributed by atoms with E-state index in [4.69, 9.17) is 18.9 Å². The van der Waals surface area contributed by atoms with Crippen LogP contribution in [0.4, 0.5) is 4.79 Å². The lowest BCUT2D eigenvalue weighted by atomic mass is 10.2. The van der Waals surface area contributed by atoms with E-state index in [1.807, 2.05) is 30.3 Å². The molecule has 0 unspecified atom stereocenters. The number of nitrogens with one attached hydrogen (secondary N) is 1. The summed E-state index contributed by atoms with van der Waals surface area (Å²) in [6, 6.07) is 9.52. The van der Waals surface area contributed by atoms with E-state index < -0.39 is 6.09 Å². The number of rotatable bonds is 13. The van der Waals surface area contributed by atoms with Crippen LogP contribution in [0.5, 0.6) is 0 Å². The third-order valence-electron chi connectivity index (χ3n) is 2.71. The van der Waals surface area contributed by atoms with Gasteiger partial charge in [-0.15, -0.1) is 6.58 Å². The third-order valence-corrected chi connectivity index (χ3v) is 2.71. The van der Waals surface area contributed by atoms with Gasteiger partial charge in [0.1, 0.15) is 6.61 Å². The van der Waals surface area contributed by atoms with Crippen LogP contribution in [0, 0.1) is 0 Å². The fourth-order valence-electron chi connectivity index (χ4n) is 1.61. The van der Waals surface area contributed by atoms with Crippen LogP contribution in [0.2, 0.25) is 0 Å². The number of alkyl carbamates (subject to hydrolysis) is 1. The number of benzene rings is 1. The number of carbonyl (C=O) groups excluding carboxylic acids is 1. The number of hydrogen-bond donors (Lipinski definition) is 1. The van der Waals surface area contributed by atoms with Crippen molar-refractivity contribution in [3.8, 4) is 0 Å². The Morgan fingerprint density at radius 2 is 1.65 bits per heavy atom. The minimum atomic E-state index is -0.451. The van der Waals surface area contributed by atoms with Gasteiger partial charge in [0, 0.05) is 6.54 Å². The lowest BCUT2D eigenvalue weighted by molar-refractivity contribution is 0.0200. The van der Waals surface area contributed by atoms with E-state index in [0.29, 0.717) is 46.2 Å². The first kappa shape index (κ1) is 19.2. The maximum absolute atomic E-state index is 11.4. The van der Waals surface area contributed by atoms with Gasteiger partial charge in [-0.25, -0.2) is 4.79 Å². The van der Waals surface area contributed by atoms with Crippen molar-refractivity contribution in [2.75, 3.05) is 46.2 Å². The number of hydrogen-bond acceptors (Lipinski definition) is 5. The molecule has 0 aliphatic carbocycles. The van der Waals surface area contributed by atoms with Crippen LogP contribution in [0.3, 0.4) is 0 Å². The molecule has 128 valence electrons. The zero-order chi connectivity index (χ0) is 16.6. The first-order valence-corrected chi connectivity index (χ1v) is 7.61. The van der Waals surface area contributed by atoms with Gasteiger partial charge in [0.2, 0.25) is 0 Å². The highest BCUT2D eigenvalue weighted by Crippen LogP contribution is 2.00. The van der Waals surface area contributed by atoms with Crippen molar-refractivity contribution in [3.63, 3.8) is 0 Å². The van der Waals surface area contributed by atoms with Crippen LogP contribution < -0.4 is 5.32 Å². The highest BCUT2D eigenvalue weighted by atomic mass is 16.6. The lowest BCUT2D eigenvalue weighted by Gasteiger charge is -2.08. The lowest BCUT2D eigenvalue weighted by Crippen LogP contribution is -2.28. The average molecular weight is 323 g/mol. The maximum atomic E-state index is 11.4. The first-order valence-electron chi connectivity index (χ1n) is 7.61. The molecule has 0 aliphatic rings. The molecular weight excluding hydrogens is 298 g/mol. The van der Waals surface area contributed by atoms with Gasteiger partial charge in [-0.05, 0) is 5.56 Å². The molecule has 23 heavy (non-hydrogen) atoms. The predicted molar refractivity (Wildman–Crippen MR) is 87.3 cm³/mol. The van der Waals surface area contributed by atoms with Crippen LogP contribution in [0.1, 0.15) is 5.56 Å². The summed E-state index contributed by atoms with van der Waals surface area (Å²) in [6.45, 7) is 7.20. The molecule has 1 N–H and O–H groups in total. The predicted octanol–water partition coefficient (Wildman–Crippen LogP) is 2.15. The highest BCUT2D eigenvalue weighted by molar-refractivity contribution is 5.67.